The molecule has 4 amide bonds. The summed E-state index contributed by atoms with van der Waals surface area (Å²) < 4.78 is 24.7. The molecule has 0 atom stereocenters. The summed E-state index contributed by atoms with van der Waals surface area (Å²) in [5.74, 6) is -0.229. The van der Waals surface area contributed by atoms with E-state index in [1.807, 2.05) is 48.5 Å². The zero-order chi connectivity index (χ0) is 41.8. The minimum atomic E-state index is -1.73. The van der Waals surface area contributed by atoms with Gasteiger partial charge in [-0.1, -0.05) is 72.8 Å². The third-order valence-electron chi connectivity index (χ3n) is 12.8. The van der Waals surface area contributed by atoms with Crippen LogP contribution in [0, 0.1) is 0 Å². The molecule has 10 rings (SSSR count). The van der Waals surface area contributed by atoms with E-state index in [4.69, 9.17) is 18.9 Å². The van der Waals surface area contributed by atoms with Crippen LogP contribution in [0.2, 0.25) is 0 Å². The zero-order valence-electron chi connectivity index (χ0n) is 33.0. The molecule has 4 aliphatic heterocycles. The van der Waals surface area contributed by atoms with Crippen molar-refractivity contribution in [3.8, 4) is 23.0 Å². The van der Waals surface area contributed by atoms with Crippen LogP contribution in [-0.4, -0.2) is 82.3 Å². The van der Waals surface area contributed by atoms with Gasteiger partial charge in [0.2, 0.25) is 0 Å². The Kier molecular flexibility index (Phi) is 7.99. The first-order chi connectivity index (χ1) is 29.1. The number of carbonyl (C=O) groups excluding carboxylic acids is 2. The van der Waals surface area contributed by atoms with Crippen LogP contribution in [0.3, 0.4) is 0 Å². The van der Waals surface area contributed by atoms with Gasteiger partial charge in [0.25, 0.3) is 0 Å². The second kappa shape index (κ2) is 13.0. The second-order valence-corrected chi connectivity index (χ2v) is 15.2. The number of ether oxygens (including phenoxy) is 4. The van der Waals surface area contributed by atoms with Gasteiger partial charge in [-0.25, -0.2) is 19.2 Å². The van der Waals surface area contributed by atoms with Gasteiger partial charge in [0.05, 0.1) is 65.7 Å². The van der Waals surface area contributed by atoms with E-state index in [0.29, 0.717) is 56.4 Å². The number of hydrogen-bond acceptors (Lipinski definition) is 8. The smallest absolute Gasteiger partial charge is 0.335 e. The molecule has 14 nitrogen and oxygen atoms in total. The molecule has 14 heteroatoms. The topological polar surface area (TPSA) is 159 Å². The monoisotopic (exact) mass is 806 g/mol. The Morgan fingerprint density at radius 1 is 0.450 bits per heavy atom. The number of carboxylic acids is 2. The lowest BCUT2D eigenvalue weighted by molar-refractivity contribution is -0.0795. The van der Waals surface area contributed by atoms with Crippen LogP contribution in [-0.2, 0) is 37.5 Å². The Hall–Kier alpha value is -7.48. The number of nitrogens with zero attached hydrogens (tertiary/aromatic N) is 4. The third kappa shape index (κ3) is 4.41. The first-order valence-electron chi connectivity index (χ1n) is 19.2. The Morgan fingerprint density at radius 3 is 0.917 bits per heavy atom. The first-order valence-corrected chi connectivity index (χ1v) is 19.2. The van der Waals surface area contributed by atoms with Crippen LogP contribution in [0.25, 0.3) is 21.5 Å². The van der Waals surface area contributed by atoms with Gasteiger partial charge in [-0.05, 0) is 24.3 Å². The van der Waals surface area contributed by atoms with E-state index in [-0.39, 0.29) is 37.3 Å². The molecule has 4 aliphatic rings. The van der Waals surface area contributed by atoms with Gasteiger partial charge in [-0.2, -0.15) is 0 Å². The Balaban J connectivity index is 1.36. The van der Waals surface area contributed by atoms with Crippen molar-refractivity contribution < 1.29 is 48.3 Å². The highest BCUT2D eigenvalue weighted by molar-refractivity contribution is 6.00. The molecular weight excluding hydrogens is 769 g/mol. The van der Waals surface area contributed by atoms with Crippen LogP contribution in [0.1, 0.15) is 54.1 Å². The van der Waals surface area contributed by atoms with E-state index in [0.717, 1.165) is 21.5 Å². The molecule has 0 aliphatic carbocycles. The van der Waals surface area contributed by atoms with Gasteiger partial charge in [-0.15, -0.1) is 0 Å². The van der Waals surface area contributed by atoms with Crippen molar-refractivity contribution in [2.24, 2.45) is 0 Å². The highest BCUT2D eigenvalue weighted by Gasteiger charge is 2.81. The van der Waals surface area contributed by atoms with E-state index >= 15 is 9.59 Å². The van der Waals surface area contributed by atoms with Gasteiger partial charge in [0.1, 0.15) is 23.0 Å². The van der Waals surface area contributed by atoms with Crippen molar-refractivity contribution in [3.05, 3.63) is 142 Å². The summed E-state index contributed by atoms with van der Waals surface area (Å²) in [7, 11) is 6.28. The van der Waals surface area contributed by atoms with Crippen molar-refractivity contribution in [2.45, 2.75) is 37.5 Å². The summed E-state index contributed by atoms with van der Waals surface area (Å²) >= 11 is 0. The maximum atomic E-state index is 16.1. The summed E-state index contributed by atoms with van der Waals surface area (Å²) in [6.07, 6.45) is 0. The average molecular weight is 807 g/mol. The van der Waals surface area contributed by atoms with Crippen molar-refractivity contribution in [1.82, 2.24) is 19.6 Å². The summed E-state index contributed by atoms with van der Waals surface area (Å²) in [5.41, 5.74) is 0.00697. The normalized spacial score (nSPS) is 20.1. The Labute approximate surface area is 343 Å². The fraction of sp³-hybridized carbons (Fsp3) is 0.217. The molecule has 4 heterocycles. The summed E-state index contributed by atoms with van der Waals surface area (Å²) in [4.78, 5) is 63.4. The molecule has 6 aromatic carbocycles. The molecule has 0 radical (unpaired) electrons. The quantitative estimate of drug-likeness (QED) is 0.160. The number of fused-ring (bicyclic) bond motifs is 4. The van der Waals surface area contributed by atoms with E-state index in [1.54, 1.807) is 72.3 Å². The van der Waals surface area contributed by atoms with Gasteiger partial charge in [-0.3, -0.25) is 19.6 Å². The van der Waals surface area contributed by atoms with Crippen molar-refractivity contribution in [1.29, 1.82) is 0 Å². The molecule has 60 heavy (non-hydrogen) atoms. The Morgan fingerprint density at radius 2 is 0.700 bits per heavy atom. The van der Waals surface area contributed by atoms with Crippen LogP contribution in [0.5, 0.6) is 23.0 Å². The highest BCUT2D eigenvalue weighted by atomic mass is 16.5. The maximum absolute atomic E-state index is 16.1. The van der Waals surface area contributed by atoms with Gasteiger partial charge < -0.3 is 29.2 Å². The molecule has 0 aromatic heterocycles. The number of benzene rings is 6. The van der Waals surface area contributed by atoms with Crippen LogP contribution >= 0.6 is 0 Å². The van der Waals surface area contributed by atoms with Crippen molar-refractivity contribution in [3.63, 3.8) is 0 Å². The highest BCUT2D eigenvalue weighted by Crippen LogP contribution is 2.67. The van der Waals surface area contributed by atoms with E-state index in [1.165, 1.54) is 24.3 Å². The van der Waals surface area contributed by atoms with Crippen molar-refractivity contribution >= 4 is 45.5 Å². The predicted molar refractivity (Wildman–Crippen MR) is 217 cm³/mol. The second-order valence-electron chi connectivity index (χ2n) is 15.2. The fourth-order valence-electron chi connectivity index (χ4n) is 10.5. The summed E-state index contributed by atoms with van der Waals surface area (Å²) in [6, 6.07) is 26.8. The molecule has 6 aromatic rings. The fourth-order valence-corrected chi connectivity index (χ4v) is 10.5. The van der Waals surface area contributed by atoms with Gasteiger partial charge in [0.15, 0.2) is 11.3 Å². The largest absolute Gasteiger partial charge is 0.496 e. The summed E-state index contributed by atoms with van der Waals surface area (Å²) in [5, 5.41) is 23.1. The molecule has 302 valence electrons. The third-order valence-corrected chi connectivity index (χ3v) is 12.8. The van der Waals surface area contributed by atoms with E-state index in [9.17, 15) is 19.8 Å². The lowest BCUT2D eigenvalue weighted by atomic mass is 9.79. The van der Waals surface area contributed by atoms with Gasteiger partial charge >= 0.3 is 24.0 Å². The van der Waals surface area contributed by atoms with Gasteiger partial charge in [0, 0.05) is 54.9 Å². The molecule has 2 fully saturated rings. The number of hydrogen-bond donors (Lipinski definition) is 2. The lowest BCUT2D eigenvalue weighted by Crippen LogP contribution is -2.62. The average Bonchev–Trinajstić information content (AvgIpc) is 3.41. The molecule has 0 saturated carbocycles. The van der Waals surface area contributed by atoms with Crippen molar-refractivity contribution in [2.75, 3.05) is 28.4 Å². The minimum Gasteiger partial charge on any atom is -0.496 e. The maximum Gasteiger partial charge on any atom is 0.335 e. The number of aromatic carboxylic acids is 2. The first kappa shape index (κ1) is 36.8. The minimum absolute atomic E-state index is 0.0117. The SMILES string of the molecule is COc1c2c(c(OC)c3ccccc13)CN1C(=O)N3Cc4c(c(OC)c5ccccc5c4OC)CN4C(=O)N(C2)C1(c1ccc(C(=O)O)cc1)C43c1ccc(C(=O)O)cc1. The predicted octanol–water partition coefficient (Wildman–Crippen LogP) is 7.33. The van der Waals surface area contributed by atoms with E-state index < -0.39 is 35.3 Å². The molecule has 0 unspecified atom stereocenters. The molecule has 0 spiro atoms. The number of carboxylic acid groups (broad SMARTS) is 2. The zero-order valence-corrected chi connectivity index (χ0v) is 33.0. The number of rotatable bonds is 8. The number of carbonyl (C=O) groups is 4. The van der Waals surface area contributed by atoms with Crippen LogP contribution in [0.4, 0.5) is 9.59 Å². The standard InChI is InChI=1S/C46H38N4O10/c1-57-37-29-9-5-6-10-30(29)38(58-2)34-22-48-44(56)50-24-36-35(39(59-3)31-11-7-8-12-32(31)40(36)60-4)23-49-43(55)47(21-33(34)37)45(48,27-17-13-25(14-18-27)41(51)52)46(49,50)28-19-15-26(16-20-28)42(53)54/h5-20H,21-24H2,1-4H3,(H,51,52)(H,53,54). The molecular formula is C46H38N4O10. The van der Waals surface area contributed by atoms with E-state index in [2.05, 4.69) is 0 Å². The molecule has 0 bridgehead atoms. The Bertz CT molecular complexity index is 2540. The number of amides is 4. The summed E-state index contributed by atoms with van der Waals surface area (Å²) in [6.45, 7) is -0.249. The number of methoxy groups -OCH3 is 4. The lowest BCUT2D eigenvalue weighted by Gasteiger charge is -2.49. The molecule has 2 N–H and O–H groups in total. The van der Waals surface area contributed by atoms with Crippen LogP contribution in [0.15, 0.2) is 97.1 Å². The van der Waals surface area contributed by atoms with Crippen LogP contribution < -0.4 is 18.9 Å². The molecule has 2 saturated heterocycles. The number of urea groups is 2.